The van der Waals surface area contributed by atoms with Crippen molar-refractivity contribution in [1.29, 1.82) is 0 Å². The summed E-state index contributed by atoms with van der Waals surface area (Å²) < 4.78 is 0. The zero-order valence-corrected chi connectivity index (χ0v) is 15.3. The number of hydrogen-bond donors (Lipinski definition) is 2. The summed E-state index contributed by atoms with van der Waals surface area (Å²) in [5.41, 5.74) is 7.17. The van der Waals surface area contributed by atoms with E-state index in [1.807, 2.05) is 20.8 Å². The van der Waals surface area contributed by atoms with Gasteiger partial charge in [-0.2, -0.15) is 0 Å². The van der Waals surface area contributed by atoms with Crippen molar-refractivity contribution in [2.75, 3.05) is 5.01 Å². The van der Waals surface area contributed by atoms with Crippen LogP contribution in [0.1, 0.15) is 53.7 Å². The Balaban J connectivity index is 0. The van der Waals surface area contributed by atoms with Crippen LogP contribution >= 0.6 is 0 Å². The van der Waals surface area contributed by atoms with Gasteiger partial charge in [0, 0.05) is 18.0 Å². The van der Waals surface area contributed by atoms with Crippen LogP contribution in [0.25, 0.3) is 0 Å². The van der Waals surface area contributed by atoms with E-state index >= 15 is 0 Å². The molecule has 0 unspecified atom stereocenters. The van der Waals surface area contributed by atoms with Crippen LogP contribution in [-0.4, -0.2) is 9.91 Å². The third kappa shape index (κ3) is 10.2. The van der Waals surface area contributed by atoms with E-state index in [1.54, 1.807) is 6.92 Å². The van der Waals surface area contributed by atoms with Crippen molar-refractivity contribution in [2.24, 2.45) is 17.5 Å². The van der Waals surface area contributed by atoms with Crippen LogP contribution in [0.3, 0.4) is 0 Å². The van der Waals surface area contributed by atoms with E-state index in [1.165, 1.54) is 23.5 Å². The van der Waals surface area contributed by atoms with Crippen LogP contribution in [0.15, 0.2) is 24.2 Å². The molecule has 0 radical (unpaired) electrons. The lowest BCUT2D eigenvalue weighted by molar-refractivity contribution is -0.385. The summed E-state index contributed by atoms with van der Waals surface area (Å²) in [4.78, 5) is 14.0. The molecular formula is C16H31N5O2. The average molecular weight is 325 g/mol. The molecule has 132 valence electrons. The summed E-state index contributed by atoms with van der Waals surface area (Å²) in [6.45, 7) is 14.1. The predicted octanol–water partition coefficient (Wildman–Crippen LogP) is 3.88. The molecule has 0 aromatic carbocycles. The molecule has 0 atom stereocenters. The Bertz CT molecular complexity index is 498. The number of aryl methyl sites for hydroxylation is 1. The number of hydrogen-bond acceptors (Lipinski definition) is 6. The van der Waals surface area contributed by atoms with Crippen LogP contribution in [0.5, 0.6) is 0 Å². The molecule has 0 aliphatic heterocycles. The molecule has 1 aromatic heterocycles. The molecule has 23 heavy (non-hydrogen) atoms. The van der Waals surface area contributed by atoms with Gasteiger partial charge < -0.3 is 5.73 Å². The number of pyridine rings is 1. The lowest BCUT2D eigenvalue weighted by Crippen LogP contribution is -2.27. The van der Waals surface area contributed by atoms with Gasteiger partial charge in [-0.05, 0) is 19.3 Å². The van der Waals surface area contributed by atoms with Gasteiger partial charge in [-0.1, -0.05) is 41.5 Å². The third-order valence-electron chi connectivity index (χ3n) is 2.25. The van der Waals surface area contributed by atoms with Gasteiger partial charge >= 0.3 is 0 Å². The summed E-state index contributed by atoms with van der Waals surface area (Å²) in [6, 6.07) is 1.36. The smallest absolute Gasteiger partial charge is 0.289 e. The Labute approximate surface area is 139 Å². The molecule has 4 N–H and O–H groups in total. The zero-order chi connectivity index (χ0) is 18.6. The van der Waals surface area contributed by atoms with Gasteiger partial charge in [0.15, 0.2) is 0 Å². The van der Waals surface area contributed by atoms with E-state index in [0.29, 0.717) is 23.5 Å². The van der Waals surface area contributed by atoms with Crippen LogP contribution in [0, 0.1) is 23.0 Å². The molecule has 7 nitrogen and oxygen atoms in total. The fraction of sp³-hybridized carbons (Fsp3) is 0.562. The van der Waals surface area contributed by atoms with E-state index in [0.717, 1.165) is 5.92 Å². The van der Waals surface area contributed by atoms with Crippen molar-refractivity contribution >= 4 is 11.4 Å². The van der Waals surface area contributed by atoms with Gasteiger partial charge in [-0.3, -0.25) is 20.1 Å². The van der Waals surface area contributed by atoms with E-state index in [9.17, 15) is 10.1 Å². The highest BCUT2D eigenvalue weighted by molar-refractivity contribution is 5.56. The Hall–Kier alpha value is -2.15. The maximum Gasteiger partial charge on any atom is 0.289 e. The van der Waals surface area contributed by atoms with Crippen molar-refractivity contribution in [3.05, 3.63) is 40.0 Å². The van der Waals surface area contributed by atoms with Crippen molar-refractivity contribution < 1.29 is 4.92 Å². The standard InChI is InChI=1S/C10H15N5O2.C4H10.C2H6/c1-3-8(11)6-14(12)10-4-9(15(16)17)5-13-7(10)2;1-4(2)3;1-2/h4-6H,3,11-12H2,1-2H3;4H,1-3H3;1-2H3/b8-6-;;. The normalized spacial score (nSPS) is 10.2. The molecule has 1 rings (SSSR count). The number of nitrogens with zero attached hydrogens (tertiary/aromatic N) is 3. The maximum atomic E-state index is 10.6. The van der Waals surface area contributed by atoms with Crippen LogP contribution in [-0.2, 0) is 0 Å². The molecule has 0 amide bonds. The minimum absolute atomic E-state index is 0.107. The van der Waals surface area contributed by atoms with Crippen molar-refractivity contribution in [2.45, 2.75) is 54.9 Å². The van der Waals surface area contributed by atoms with Gasteiger partial charge in [0.1, 0.15) is 6.20 Å². The topological polar surface area (TPSA) is 111 Å². The second-order valence-electron chi connectivity index (χ2n) is 5.25. The fourth-order valence-corrected chi connectivity index (χ4v) is 1.21. The quantitative estimate of drug-likeness (QED) is 0.493. The van der Waals surface area contributed by atoms with E-state index in [4.69, 9.17) is 11.6 Å². The SMILES string of the molecule is CC.CC(C)C.CC/C(N)=C/N(N)c1cc([N+](=O)[O-])cnc1C. The average Bonchev–Trinajstić information content (AvgIpc) is 2.48. The van der Waals surface area contributed by atoms with Crippen LogP contribution in [0.2, 0.25) is 0 Å². The third-order valence-corrected chi connectivity index (χ3v) is 2.25. The fourth-order valence-electron chi connectivity index (χ4n) is 1.21. The van der Waals surface area contributed by atoms with Crippen molar-refractivity contribution in [3.8, 4) is 0 Å². The zero-order valence-electron chi connectivity index (χ0n) is 15.3. The maximum absolute atomic E-state index is 10.6. The molecular weight excluding hydrogens is 294 g/mol. The van der Waals surface area contributed by atoms with E-state index in [-0.39, 0.29) is 5.69 Å². The Morgan fingerprint density at radius 3 is 2.30 bits per heavy atom. The highest BCUT2D eigenvalue weighted by Crippen LogP contribution is 2.22. The van der Waals surface area contributed by atoms with Gasteiger partial charge in [0.25, 0.3) is 5.69 Å². The van der Waals surface area contributed by atoms with Crippen molar-refractivity contribution in [3.63, 3.8) is 0 Å². The molecule has 7 heteroatoms. The monoisotopic (exact) mass is 325 g/mol. The molecule has 0 spiro atoms. The first-order chi connectivity index (χ1) is 10.7. The second-order valence-corrected chi connectivity index (χ2v) is 5.25. The number of nitrogens with two attached hydrogens (primary N) is 2. The molecule has 1 heterocycles. The molecule has 0 saturated heterocycles. The summed E-state index contributed by atoms with van der Waals surface area (Å²) in [5.74, 6) is 6.59. The number of rotatable bonds is 4. The molecule has 0 aliphatic rings. The van der Waals surface area contributed by atoms with Gasteiger partial charge in [0.05, 0.1) is 16.3 Å². The number of allylic oxidation sites excluding steroid dienone is 1. The first-order valence-corrected chi connectivity index (χ1v) is 7.80. The molecule has 0 fully saturated rings. The lowest BCUT2D eigenvalue weighted by atomic mass is 10.3. The number of aromatic nitrogens is 1. The first-order valence-electron chi connectivity index (χ1n) is 7.80. The van der Waals surface area contributed by atoms with E-state index < -0.39 is 4.92 Å². The van der Waals surface area contributed by atoms with Gasteiger partial charge in [0.2, 0.25) is 0 Å². The Morgan fingerprint density at radius 1 is 1.43 bits per heavy atom. The summed E-state index contributed by atoms with van der Waals surface area (Å²) in [7, 11) is 0. The summed E-state index contributed by atoms with van der Waals surface area (Å²) in [5, 5.41) is 11.9. The molecule has 0 bridgehead atoms. The summed E-state index contributed by atoms with van der Waals surface area (Å²) in [6.07, 6.45) is 3.36. The highest BCUT2D eigenvalue weighted by Gasteiger charge is 2.12. The second kappa shape index (κ2) is 12.4. The number of anilines is 1. The van der Waals surface area contributed by atoms with E-state index in [2.05, 4.69) is 25.8 Å². The number of nitro groups is 1. The molecule has 0 saturated carbocycles. The lowest BCUT2D eigenvalue weighted by Gasteiger charge is -2.16. The Morgan fingerprint density at radius 2 is 1.91 bits per heavy atom. The van der Waals surface area contributed by atoms with Crippen molar-refractivity contribution in [1.82, 2.24) is 4.98 Å². The predicted molar refractivity (Wildman–Crippen MR) is 96.7 cm³/mol. The van der Waals surface area contributed by atoms with Crippen LogP contribution < -0.4 is 16.6 Å². The van der Waals surface area contributed by atoms with Crippen LogP contribution in [0.4, 0.5) is 11.4 Å². The van der Waals surface area contributed by atoms with Gasteiger partial charge in [-0.25, -0.2) is 5.84 Å². The molecule has 1 aromatic rings. The Kier molecular flexibility index (Phi) is 12.5. The van der Waals surface area contributed by atoms with Gasteiger partial charge in [-0.15, -0.1) is 0 Å². The largest absolute Gasteiger partial charge is 0.401 e. The first kappa shape index (κ1) is 23.1. The minimum atomic E-state index is -0.517. The minimum Gasteiger partial charge on any atom is -0.401 e. The molecule has 0 aliphatic carbocycles. The number of hydrazine groups is 1. The summed E-state index contributed by atoms with van der Waals surface area (Å²) >= 11 is 0. The highest BCUT2D eigenvalue weighted by atomic mass is 16.6.